The van der Waals surface area contributed by atoms with E-state index in [1.807, 2.05) is 6.08 Å². The Bertz CT molecular complexity index is 59.4. The number of likely N-dealkylation sites (N-methyl/N-ethyl adjacent to an activating group) is 1. The van der Waals surface area contributed by atoms with Crippen LogP contribution in [0, 0.1) is 0 Å². The summed E-state index contributed by atoms with van der Waals surface area (Å²) in [6.45, 7) is 8.97. The second-order valence-corrected chi connectivity index (χ2v) is 1.81. The quantitative estimate of drug-likeness (QED) is 0.545. The van der Waals surface area contributed by atoms with E-state index in [1.54, 1.807) is 0 Å². The molecule has 0 heterocycles. The molecule has 1 atom stereocenters. The van der Waals surface area contributed by atoms with E-state index in [1.165, 1.54) is 0 Å². The second-order valence-electron chi connectivity index (χ2n) is 1.81. The van der Waals surface area contributed by atoms with Crippen LogP contribution in [0.1, 0.15) is 20.3 Å². The van der Waals surface area contributed by atoms with E-state index in [0.29, 0.717) is 6.04 Å². The molecule has 0 saturated carbocycles. The van der Waals surface area contributed by atoms with Crippen LogP contribution in [0.4, 0.5) is 0 Å². The van der Waals surface area contributed by atoms with Gasteiger partial charge in [-0.2, -0.15) is 0 Å². The molecule has 1 heteroatoms. The highest BCUT2D eigenvalue weighted by Gasteiger charge is 1.93. The number of hydrogen-bond donors (Lipinski definition) is 1. The van der Waals surface area contributed by atoms with E-state index in [2.05, 4.69) is 25.7 Å². The normalized spacial score (nSPS) is 13.2. The smallest absolute Gasteiger partial charge is 0.0244 e. The number of rotatable bonds is 4. The third-order valence-electron chi connectivity index (χ3n) is 1.19. The van der Waals surface area contributed by atoms with E-state index < -0.39 is 0 Å². The molecule has 1 nitrogen and oxygen atoms in total. The largest absolute Gasteiger partial charge is 0.311 e. The minimum atomic E-state index is 0.514. The van der Waals surface area contributed by atoms with Crippen LogP contribution in [0.5, 0.6) is 0 Å². The van der Waals surface area contributed by atoms with Crippen molar-refractivity contribution in [1.29, 1.82) is 0 Å². The Hall–Kier alpha value is -0.300. The summed E-state index contributed by atoms with van der Waals surface area (Å²) in [5.41, 5.74) is 0. The fraction of sp³-hybridized carbons (Fsp3) is 0.714. The van der Waals surface area contributed by atoms with Crippen LogP contribution in [0.2, 0.25) is 0 Å². The number of nitrogens with one attached hydrogen (secondary N) is 1. The van der Waals surface area contributed by atoms with Gasteiger partial charge in [-0.05, 0) is 13.0 Å². The lowest BCUT2D eigenvalue weighted by Crippen LogP contribution is -2.25. The summed E-state index contributed by atoms with van der Waals surface area (Å²) in [7, 11) is 0. The summed E-state index contributed by atoms with van der Waals surface area (Å²) < 4.78 is 0. The zero-order chi connectivity index (χ0) is 6.41. The van der Waals surface area contributed by atoms with Gasteiger partial charge in [0.15, 0.2) is 0 Å². The van der Waals surface area contributed by atoms with Crippen molar-refractivity contribution in [3.8, 4) is 0 Å². The molecule has 48 valence electrons. The third kappa shape index (κ3) is 2.80. The Labute approximate surface area is 51.8 Å². The molecule has 0 rings (SSSR count). The average Bonchev–Trinajstić information content (AvgIpc) is 1.83. The van der Waals surface area contributed by atoms with Crippen molar-refractivity contribution < 1.29 is 0 Å². The predicted octanol–water partition coefficient (Wildman–Crippen LogP) is 1.56. The van der Waals surface area contributed by atoms with Gasteiger partial charge in [-0.25, -0.2) is 0 Å². The first-order chi connectivity index (χ1) is 3.85. The lowest BCUT2D eigenvalue weighted by molar-refractivity contribution is 0.600. The van der Waals surface area contributed by atoms with Gasteiger partial charge in [0.25, 0.3) is 0 Å². The Balaban J connectivity index is 3.21. The first-order valence-corrected chi connectivity index (χ1v) is 3.21. The van der Waals surface area contributed by atoms with Gasteiger partial charge in [0, 0.05) is 6.04 Å². The minimum Gasteiger partial charge on any atom is -0.311 e. The molecule has 0 saturated heterocycles. The Kier molecular flexibility index (Phi) is 4.67. The van der Waals surface area contributed by atoms with Crippen molar-refractivity contribution in [1.82, 2.24) is 5.32 Å². The van der Waals surface area contributed by atoms with Gasteiger partial charge in [0.2, 0.25) is 0 Å². The van der Waals surface area contributed by atoms with E-state index in [0.717, 1.165) is 13.0 Å². The Morgan fingerprint density at radius 2 is 2.25 bits per heavy atom. The van der Waals surface area contributed by atoms with Crippen LogP contribution >= 0.6 is 0 Å². The molecule has 0 aromatic heterocycles. The Morgan fingerprint density at radius 3 is 2.38 bits per heavy atom. The highest BCUT2D eigenvalue weighted by molar-refractivity contribution is 4.83. The molecule has 1 unspecified atom stereocenters. The zero-order valence-corrected chi connectivity index (χ0v) is 5.78. The molecule has 0 aliphatic carbocycles. The highest BCUT2D eigenvalue weighted by atomic mass is 14.9. The van der Waals surface area contributed by atoms with Gasteiger partial charge < -0.3 is 5.32 Å². The maximum Gasteiger partial charge on any atom is 0.0244 e. The van der Waals surface area contributed by atoms with Gasteiger partial charge in [0.05, 0.1) is 0 Å². The lowest BCUT2D eigenvalue weighted by Gasteiger charge is -2.08. The van der Waals surface area contributed by atoms with Crippen LogP contribution in [-0.2, 0) is 0 Å². The first-order valence-electron chi connectivity index (χ1n) is 3.21. The van der Waals surface area contributed by atoms with Crippen molar-refractivity contribution in [2.75, 3.05) is 6.54 Å². The van der Waals surface area contributed by atoms with Crippen molar-refractivity contribution >= 4 is 0 Å². The number of hydrogen-bond acceptors (Lipinski definition) is 1. The zero-order valence-electron chi connectivity index (χ0n) is 5.78. The van der Waals surface area contributed by atoms with Crippen molar-refractivity contribution in [3.63, 3.8) is 0 Å². The van der Waals surface area contributed by atoms with Crippen LogP contribution in [0.15, 0.2) is 12.7 Å². The maximum absolute atomic E-state index is 3.69. The third-order valence-corrected chi connectivity index (χ3v) is 1.19. The summed E-state index contributed by atoms with van der Waals surface area (Å²) in [5.74, 6) is 0. The summed E-state index contributed by atoms with van der Waals surface area (Å²) in [4.78, 5) is 0. The first kappa shape index (κ1) is 7.70. The van der Waals surface area contributed by atoms with Crippen LogP contribution in [0.25, 0.3) is 0 Å². The molecular formula is C7H15N. The van der Waals surface area contributed by atoms with E-state index >= 15 is 0 Å². The summed E-state index contributed by atoms with van der Waals surface area (Å²) in [5, 5.41) is 3.26. The molecule has 0 spiro atoms. The molecule has 0 radical (unpaired) electrons. The topological polar surface area (TPSA) is 12.0 Å². The molecular weight excluding hydrogens is 98.1 g/mol. The molecule has 0 aromatic rings. The van der Waals surface area contributed by atoms with Crippen LogP contribution < -0.4 is 5.32 Å². The van der Waals surface area contributed by atoms with Gasteiger partial charge >= 0.3 is 0 Å². The molecule has 0 aliphatic rings. The van der Waals surface area contributed by atoms with Crippen molar-refractivity contribution in [3.05, 3.63) is 12.7 Å². The van der Waals surface area contributed by atoms with Crippen molar-refractivity contribution in [2.45, 2.75) is 26.3 Å². The van der Waals surface area contributed by atoms with Crippen molar-refractivity contribution in [2.24, 2.45) is 0 Å². The fourth-order valence-electron chi connectivity index (χ4n) is 0.657. The summed E-state index contributed by atoms with van der Waals surface area (Å²) in [6.07, 6.45) is 3.08. The molecule has 0 fully saturated rings. The van der Waals surface area contributed by atoms with E-state index in [9.17, 15) is 0 Å². The fourth-order valence-corrected chi connectivity index (χ4v) is 0.657. The molecule has 0 aromatic carbocycles. The molecule has 0 amide bonds. The molecule has 0 aliphatic heterocycles. The van der Waals surface area contributed by atoms with Crippen LogP contribution in [0.3, 0.4) is 0 Å². The SMILES string of the molecule is C=CC(CC)NCC. The van der Waals surface area contributed by atoms with E-state index in [-0.39, 0.29) is 0 Å². The lowest BCUT2D eigenvalue weighted by atomic mass is 10.2. The second kappa shape index (κ2) is 4.85. The van der Waals surface area contributed by atoms with Gasteiger partial charge in [-0.1, -0.05) is 19.9 Å². The molecule has 0 bridgehead atoms. The predicted molar refractivity (Wildman–Crippen MR) is 38.0 cm³/mol. The minimum absolute atomic E-state index is 0.514. The maximum atomic E-state index is 3.69. The van der Waals surface area contributed by atoms with Gasteiger partial charge in [0.1, 0.15) is 0 Å². The molecule has 8 heavy (non-hydrogen) atoms. The highest BCUT2D eigenvalue weighted by Crippen LogP contribution is 1.88. The van der Waals surface area contributed by atoms with Crippen LogP contribution in [-0.4, -0.2) is 12.6 Å². The Morgan fingerprint density at radius 1 is 1.62 bits per heavy atom. The summed E-state index contributed by atoms with van der Waals surface area (Å²) >= 11 is 0. The average molecular weight is 113 g/mol. The standard InChI is InChI=1S/C7H15N/c1-4-7(5-2)8-6-3/h4,7-8H,1,5-6H2,2-3H3. The molecule has 1 N–H and O–H groups in total. The van der Waals surface area contributed by atoms with Gasteiger partial charge in [-0.15, -0.1) is 6.58 Å². The monoisotopic (exact) mass is 113 g/mol. The van der Waals surface area contributed by atoms with E-state index in [4.69, 9.17) is 0 Å². The summed E-state index contributed by atoms with van der Waals surface area (Å²) in [6, 6.07) is 0.514. The van der Waals surface area contributed by atoms with Gasteiger partial charge in [-0.3, -0.25) is 0 Å².